The molecule has 0 amide bonds. The van der Waals surface area contributed by atoms with Crippen LogP contribution in [0.3, 0.4) is 0 Å². The highest BCUT2D eigenvalue weighted by atomic mass is 19.1. The number of ether oxygens (including phenoxy) is 2. The second-order valence-corrected chi connectivity index (χ2v) is 3.89. The first-order valence-corrected chi connectivity index (χ1v) is 5.77. The normalized spacial score (nSPS) is 9.90. The molecule has 0 aliphatic carbocycles. The van der Waals surface area contributed by atoms with E-state index in [1.807, 2.05) is 0 Å². The number of benzene rings is 2. The van der Waals surface area contributed by atoms with Crippen LogP contribution in [0.1, 0.15) is 20.7 Å². The molecule has 0 saturated heterocycles. The Morgan fingerprint density at radius 2 is 1.70 bits per heavy atom. The molecule has 0 aromatic heterocycles. The zero-order chi connectivity index (χ0) is 14.5. The van der Waals surface area contributed by atoms with Gasteiger partial charge >= 0.3 is 11.9 Å². The number of hydrogen-bond donors (Lipinski definition) is 0. The molecule has 0 spiro atoms. The standard InChI is InChI=1S/C15H11FO4/c1-19-15(18)12-9-11(16)7-8-13(12)20-14(17)10-5-3-2-4-6-10/h2-9H,1H3. The maximum absolute atomic E-state index is 13.2. The molecule has 2 aromatic carbocycles. The van der Waals surface area contributed by atoms with Gasteiger partial charge in [-0.05, 0) is 30.3 Å². The number of halogens is 1. The topological polar surface area (TPSA) is 52.6 Å². The van der Waals surface area contributed by atoms with Gasteiger partial charge in [0, 0.05) is 0 Å². The molecular weight excluding hydrogens is 263 g/mol. The minimum absolute atomic E-state index is 0.0490. The minimum Gasteiger partial charge on any atom is -0.465 e. The van der Waals surface area contributed by atoms with Gasteiger partial charge in [-0.1, -0.05) is 18.2 Å². The molecule has 5 heteroatoms. The van der Waals surface area contributed by atoms with Crippen LogP contribution in [0.2, 0.25) is 0 Å². The van der Waals surface area contributed by atoms with E-state index in [9.17, 15) is 14.0 Å². The second-order valence-electron chi connectivity index (χ2n) is 3.89. The van der Waals surface area contributed by atoms with Gasteiger partial charge in [0.2, 0.25) is 0 Å². The summed E-state index contributed by atoms with van der Waals surface area (Å²) >= 11 is 0. The zero-order valence-electron chi connectivity index (χ0n) is 10.6. The summed E-state index contributed by atoms with van der Waals surface area (Å²) in [6, 6.07) is 11.5. The fourth-order valence-corrected chi connectivity index (χ4v) is 1.59. The monoisotopic (exact) mass is 274 g/mol. The van der Waals surface area contributed by atoms with Crippen LogP contribution in [0.25, 0.3) is 0 Å². The molecule has 0 unspecified atom stereocenters. The summed E-state index contributed by atoms with van der Waals surface area (Å²) in [5.41, 5.74) is 0.185. The van der Waals surface area contributed by atoms with Gasteiger partial charge < -0.3 is 9.47 Å². The van der Waals surface area contributed by atoms with Crippen LogP contribution >= 0.6 is 0 Å². The highest BCUT2D eigenvalue weighted by molar-refractivity contribution is 5.96. The van der Waals surface area contributed by atoms with Gasteiger partial charge in [0.1, 0.15) is 17.1 Å². The minimum atomic E-state index is -0.777. The maximum Gasteiger partial charge on any atom is 0.343 e. The number of esters is 2. The Balaban J connectivity index is 2.30. The van der Waals surface area contributed by atoms with Crippen molar-refractivity contribution in [2.24, 2.45) is 0 Å². The Hall–Kier alpha value is -2.69. The second kappa shape index (κ2) is 5.97. The third-order valence-electron chi connectivity index (χ3n) is 2.56. The van der Waals surface area contributed by atoms with E-state index < -0.39 is 17.8 Å². The van der Waals surface area contributed by atoms with Gasteiger partial charge in [0.15, 0.2) is 0 Å². The Labute approximate surface area is 114 Å². The highest BCUT2D eigenvalue weighted by Gasteiger charge is 2.17. The molecule has 0 fully saturated rings. The Morgan fingerprint density at radius 3 is 2.35 bits per heavy atom. The van der Waals surface area contributed by atoms with Crippen molar-refractivity contribution < 1.29 is 23.5 Å². The molecule has 2 rings (SSSR count). The fourth-order valence-electron chi connectivity index (χ4n) is 1.59. The van der Waals surface area contributed by atoms with E-state index in [1.54, 1.807) is 30.3 Å². The van der Waals surface area contributed by atoms with Crippen molar-refractivity contribution in [3.63, 3.8) is 0 Å². The summed E-state index contributed by atoms with van der Waals surface area (Å²) in [6.45, 7) is 0. The quantitative estimate of drug-likeness (QED) is 0.638. The Kier molecular flexibility index (Phi) is 4.10. The number of hydrogen-bond acceptors (Lipinski definition) is 4. The molecule has 0 aliphatic rings. The smallest absolute Gasteiger partial charge is 0.343 e. The van der Waals surface area contributed by atoms with Crippen LogP contribution in [0.5, 0.6) is 5.75 Å². The van der Waals surface area contributed by atoms with E-state index in [-0.39, 0.29) is 11.3 Å². The van der Waals surface area contributed by atoms with Gasteiger partial charge in [-0.25, -0.2) is 14.0 Å². The molecule has 0 radical (unpaired) electrons. The van der Waals surface area contributed by atoms with Crippen molar-refractivity contribution in [2.45, 2.75) is 0 Å². The Morgan fingerprint density at radius 1 is 1.00 bits per heavy atom. The summed E-state index contributed by atoms with van der Waals surface area (Å²) in [5.74, 6) is -2.08. The van der Waals surface area contributed by atoms with Crippen LogP contribution in [0.15, 0.2) is 48.5 Å². The average molecular weight is 274 g/mol. The molecule has 0 N–H and O–H groups in total. The summed E-state index contributed by atoms with van der Waals surface area (Å²) in [6.07, 6.45) is 0. The van der Waals surface area contributed by atoms with Crippen LogP contribution in [-0.4, -0.2) is 19.0 Å². The van der Waals surface area contributed by atoms with E-state index in [0.717, 1.165) is 19.2 Å². The van der Waals surface area contributed by atoms with Crippen LogP contribution in [0.4, 0.5) is 4.39 Å². The maximum atomic E-state index is 13.2. The molecule has 0 saturated carbocycles. The molecule has 0 bridgehead atoms. The van der Waals surface area contributed by atoms with Crippen LogP contribution < -0.4 is 4.74 Å². The van der Waals surface area contributed by atoms with Gasteiger partial charge in [-0.15, -0.1) is 0 Å². The number of carbonyl (C=O) groups is 2. The van der Waals surface area contributed by atoms with Gasteiger partial charge in [0.05, 0.1) is 12.7 Å². The van der Waals surface area contributed by atoms with E-state index >= 15 is 0 Å². The predicted molar refractivity (Wildman–Crippen MR) is 69.1 cm³/mol. The van der Waals surface area contributed by atoms with Crippen LogP contribution in [0, 0.1) is 5.82 Å². The lowest BCUT2D eigenvalue weighted by Gasteiger charge is -2.08. The predicted octanol–water partition coefficient (Wildman–Crippen LogP) is 2.83. The fraction of sp³-hybridized carbons (Fsp3) is 0.0667. The Bertz CT molecular complexity index is 638. The molecule has 2 aromatic rings. The average Bonchev–Trinajstić information content (AvgIpc) is 2.49. The van der Waals surface area contributed by atoms with Gasteiger partial charge in [-0.3, -0.25) is 0 Å². The van der Waals surface area contributed by atoms with Crippen molar-refractivity contribution in [3.05, 3.63) is 65.5 Å². The largest absolute Gasteiger partial charge is 0.465 e. The number of methoxy groups -OCH3 is 1. The van der Waals surface area contributed by atoms with E-state index in [4.69, 9.17) is 4.74 Å². The lowest BCUT2D eigenvalue weighted by molar-refractivity contribution is 0.0592. The molecular formula is C15H11FO4. The molecule has 4 nitrogen and oxygen atoms in total. The van der Waals surface area contributed by atoms with E-state index in [1.165, 1.54) is 6.07 Å². The first-order valence-electron chi connectivity index (χ1n) is 5.77. The van der Waals surface area contributed by atoms with Crippen molar-refractivity contribution >= 4 is 11.9 Å². The first-order chi connectivity index (χ1) is 9.61. The van der Waals surface area contributed by atoms with Crippen molar-refractivity contribution in [2.75, 3.05) is 7.11 Å². The van der Waals surface area contributed by atoms with Gasteiger partial charge in [0.25, 0.3) is 0 Å². The summed E-state index contributed by atoms with van der Waals surface area (Å²) in [5, 5.41) is 0. The lowest BCUT2D eigenvalue weighted by atomic mass is 10.2. The van der Waals surface area contributed by atoms with E-state index in [2.05, 4.69) is 4.74 Å². The zero-order valence-corrected chi connectivity index (χ0v) is 10.6. The highest BCUT2D eigenvalue weighted by Crippen LogP contribution is 2.21. The molecule has 0 aliphatic heterocycles. The van der Waals surface area contributed by atoms with E-state index in [0.29, 0.717) is 5.56 Å². The summed E-state index contributed by atoms with van der Waals surface area (Å²) < 4.78 is 22.8. The number of rotatable bonds is 3. The molecule has 102 valence electrons. The van der Waals surface area contributed by atoms with Crippen molar-refractivity contribution in [1.82, 2.24) is 0 Å². The third kappa shape index (κ3) is 3.00. The molecule has 0 atom stereocenters. The summed E-state index contributed by atoms with van der Waals surface area (Å²) in [7, 11) is 1.16. The lowest BCUT2D eigenvalue weighted by Crippen LogP contribution is -2.12. The summed E-state index contributed by atoms with van der Waals surface area (Å²) in [4.78, 5) is 23.4. The van der Waals surface area contributed by atoms with Crippen molar-refractivity contribution in [3.8, 4) is 5.75 Å². The third-order valence-corrected chi connectivity index (χ3v) is 2.56. The van der Waals surface area contributed by atoms with Crippen LogP contribution in [-0.2, 0) is 4.74 Å². The molecule has 0 heterocycles. The number of carbonyl (C=O) groups excluding carboxylic acids is 2. The SMILES string of the molecule is COC(=O)c1cc(F)ccc1OC(=O)c1ccccc1. The molecule has 20 heavy (non-hydrogen) atoms. The first kappa shape index (κ1) is 13.7. The van der Waals surface area contributed by atoms with Gasteiger partial charge in [-0.2, -0.15) is 0 Å². The van der Waals surface area contributed by atoms with Crippen molar-refractivity contribution in [1.29, 1.82) is 0 Å².